The number of aromatic hydroxyl groups is 1. The van der Waals surface area contributed by atoms with Gasteiger partial charge < -0.3 is 14.4 Å². The molecule has 0 amide bonds. The fourth-order valence-electron chi connectivity index (χ4n) is 1.58. The Morgan fingerprint density at radius 2 is 2.21 bits per heavy atom. The molecule has 2 rings (SSSR count). The molecule has 1 aromatic carbocycles. The quantitative estimate of drug-likeness (QED) is 0.668. The van der Waals surface area contributed by atoms with Gasteiger partial charge in [0.1, 0.15) is 5.75 Å². The highest BCUT2D eigenvalue weighted by atomic mass is 32.2. The van der Waals surface area contributed by atoms with Gasteiger partial charge in [-0.05, 0) is 6.07 Å². The van der Waals surface area contributed by atoms with Crippen LogP contribution in [0.1, 0.15) is 9.67 Å². The van der Waals surface area contributed by atoms with Crippen molar-refractivity contribution in [2.45, 2.75) is 0 Å². The maximum Gasteiger partial charge on any atom is 0.195 e. The zero-order chi connectivity index (χ0) is 14.2. The van der Waals surface area contributed by atoms with Crippen LogP contribution in [0.2, 0.25) is 0 Å². The van der Waals surface area contributed by atoms with E-state index in [9.17, 15) is 18.5 Å². The Balaban J connectivity index is 2.54. The summed E-state index contributed by atoms with van der Waals surface area (Å²) >= 11 is -1.27. The molecule has 1 aromatic heterocycles. The van der Waals surface area contributed by atoms with Gasteiger partial charge in [-0.25, -0.2) is 8.60 Å². The molecule has 2 aromatic rings. The number of benzene rings is 1. The smallest absolute Gasteiger partial charge is 0.195 e. The minimum atomic E-state index is -2.24. The molecule has 0 radical (unpaired) electrons. The highest BCUT2D eigenvalue weighted by Crippen LogP contribution is 2.39. The lowest BCUT2D eigenvalue weighted by atomic mass is 10.2. The Labute approximate surface area is 113 Å². The summed E-state index contributed by atoms with van der Waals surface area (Å²) in [4.78, 5) is 11.8. The van der Waals surface area contributed by atoms with E-state index in [0.717, 1.165) is 11.3 Å². The first-order valence-corrected chi connectivity index (χ1v) is 7.13. The number of carbonyl (C=O) groups is 1. The van der Waals surface area contributed by atoms with E-state index in [-0.39, 0.29) is 16.0 Å². The number of phenolic OH excluding ortho intramolecular Hbond substituents is 1. The van der Waals surface area contributed by atoms with Crippen molar-refractivity contribution < 1.29 is 27.8 Å². The summed E-state index contributed by atoms with van der Waals surface area (Å²) in [5.41, 5.74) is 0. The van der Waals surface area contributed by atoms with Gasteiger partial charge in [0.25, 0.3) is 0 Å². The Kier molecular flexibility index (Phi) is 3.83. The summed E-state index contributed by atoms with van der Waals surface area (Å²) in [7, 11) is 1.29. The Hall–Kier alpha value is -1.51. The molecule has 0 saturated heterocycles. The number of rotatable bonds is 4. The van der Waals surface area contributed by atoms with Crippen molar-refractivity contribution >= 4 is 38.3 Å². The van der Waals surface area contributed by atoms with Crippen LogP contribution in [0.15, 0.2) is 12.1 Å². The number of carbonyl (C=O) groups excluding carboxylic acids is 1. The first kappa shape index (κ1) is 13.9. The number of thiophene rings is 1. The molecule has 0 aliphatic rings. The molecule has 1 heterocycles. The van der Waals surface area contributed by atoms with Crippen molar-refractivity contribution in [3.8, 4) is 11.5 Å². The molecule has 1 atom stereocenters. The topological polar surface area (TPSA) is 83.8 Å². The monoisotopic (exact) mass is 304 g/mol. The van der Waals surface area contributed by atoms with Gasteiger partial charge in [0.2, 0.25) is 0 Å². The summed E-state index contributed by atoms with van der Waals surface area (Å²) in [6.07, 6.45) is 0. The molecule has 2 N–H and O–H groups in total. The number of phenols is 1. The van der Waals surface area contributed by atoms with E-state index in [2.05, 4.69) is 0 Å². The van der Waals surface area contributed by atoms with Gasteiger partial charge in [-0.15, -0.1) is 11.3 Å². The van der Waals surface area contributed by atoms with Gasteiger partial charge in [0.05, 0.1) is 12.0 Å². The number of ether oxygens (including phenoxy) is 1. The second-order valence-corrected chi connectivity index (χ2v) is 5.67. The van der Waals surface area contributed by atoms with Crippen LogP contribution in [-0.4, -0.2) is 32.5 Å². The number of fused-ring (bicyclic) bond motifs is 1. The summed E-state index contributed by atoms with van der Waals surface area (Å²) in [6.45, 7) is 0. The zero-order valence-corrected chi connectivity index (χ0v) is 11.3. The van der Waals surface area contributed by atoms with Crippen molar-refractivity contribution in [1.29, 1.82) is 0 Å². The molecule has 8 heteroatoms. The van der Waals surface area contributed by atoms with E-state index in [1.54, 1.807) is 0 Å². The SMILES string of the molecule is COc1cc2sc(C(=O)CS(=O)O)cc2c(F)c1O. The van der Waals surface area contributed by atoms with Crippen LogP contribution in [0.25, 0.3) is 10.1 Å². The van der Waals surface area contributed by atoms with Crippen LogP contribution in [0.3, 0.4) is 0 Å². The maximum absolute atomic E-state index is 13.8. The van der Waals surface area contributed by atoms with Gasteiger partial charge in [0, 0.05) is 16.2 Å². The van der Waals surface area contributed by atoms with Crippen LogP contribution in [0.5, 0.6) is 11.5 Å². The minimum absolute atomic E-state index is 0.0309. The molecule has 0 aliphatic heterocycles. The van der Waals surface area contributed by atoms with E-state index >= 15 is 0 Å². The van der Waals surface area contributed by atoms with Crippen molar-refractivity contribution in [3.05, 3.63) is 22.8 Å². The molecular formula is C11H9FO5S2. The molecule has 0 aliphatic carbocycles. The zero-order valence-electron chi connectivity index (χ0n) is 9.68. The van der Waals surface area contributed by atoms with E-state index in [1.807, 2.05) is 0 Å². The van der Waals surface area contributed by atoms with Crippen LogP contribution < -0.4 is 4.74 Å². The fraction of sp³-hybridized carbons (Fsp3) is 0.182. The van der Waals surface area contributed by atoms with Gasteiger partial charge in [-0.3, -0.25) is 4.79 Å². The predicted molar refractivity (Wildman–Crippen MR) is 70.0 cm³/mol. The molecule has 19 heavy (non-hydrogen) atoms. The van der Waals surface area contributed by atoms with Gasteiger partial charge >= 0.3 is 0 Å². The third-order valence-corrected chi connectivity index (χ3v) is 4.08. The summed E-state index contributed by atoms with van der Waals surface area (Å²) in [5.74, 6) is -2.64. The van der Waals surface area contributed by atoms with E-state index in [4.69, 9.17) is 9.29 Å². The standard InChI is InChI=1S/C11H9FO5S2/c1-17-7-3-8-5(10(12)11(7)14)2-9(18-8)6(13)4-19(15)16/h2-3,14H,4H2,1H3,(H,15,16). The van der Waals surface area contributed by atoms with E-state index < -0.39 is 34.2 Å². The van der Waals surface area contributed by atoms with Gasteiger partial charge in [-0.1, -0.05) is 0 Å². The molecule has 5 nitrogen and oxygen atoms in total. The van der Waals surface area contributed by atoms with Crippen molar-refractivity contribution in [2.75, 3.05) is 12.9 Å². The van der Waals surface area contributed by atoms with Gasteiger partial charge in [-0.2, -0.15) is 0 Å². The predicted octanol–water partition coefficient (Wildman–Crippen LogP) is 2.16. The Morgan fingerprint density at radius 1 is 1.53 bits per heavy atom. The summed E-state index contributed by atoms with van der Waals surface area (Å²) in [5, 5.41) is 9.60. The van der Waals surface area contributed by atoms with Crippen LogP contribution >= 0.6 is 11.3 Å². The van der Waals surface area contributed by atoms with Crippen LogP contribution in [-0.2, 0) is 11.1 Å². The van der Waals surface area contributed by atoms with Gasteiger partial charge in [0.15, 0.2) is 34.2 Å². The maximum atomic E-state index is 13.8. The van der Waals surface area contributed by atoms with Crippen LogP contribution in [0.4, 0.5) is 4.39 Å². The van der Waals surface area contributed by atoms with E-state index in [0.29, 0.717) is 4.70 Å². The second kappa shape index (κ2) is 5.24. The number of hydrogen-bond donors (Lipinski definition) is 2. The van der Waals surface area contributed by atoms with Crippen molar-refractivity contribution in [2.24, 2.45) is 0 Å². The summed E-state index contributed by atoms with van der Waals surface area (Å²) in [6, 6.07) is 2.66. The molecule has 0 fully saturated rings. The fourth-order valence-corrected chi connectivity index (χ4v) is 3.08. The lowest BCUT2D eigenvalue weighted by Crippen LogP contribution is -2.07. The number of halogens is 1. The Morgan fingerprint density at radius 3 is 2.79 bits per heavy atom. The molecule has 1 unspecified atom stereocenters. The number of Topliss-reactive ketones (excluding diaryl/α,β-unsaturated/α-hetero) is 1. The minimum Gasteiger partial charge on any atom is -0.502 e. The lowest BCUT2D eigenvalue weighted by molar-refractivity contribution is 0.102. The molecule has 0 spiro atoms. The van der Waals surface area contributed by atoms with Crippen molar-refractivity contribution in [3.63, 3.8) is 0 Å². The Bertz CT molecular complexity index is 679. The van der Waals surface area contributed by atoms with E-state index in [1.165, 1.54) is 19.2 Å². The third kappa shape index (κ3) is 2.60. The summed E-state index contributed by atoms with van der Waals surface area (Å²) < 4.78 is 38.3. The average Bonchev–Trinajstić information content (AvgIpc) is 2.77. The molecule has 0 saturated carbocycles. The molecule has 0 bridgehead atoms. The highest BCUT2D eigenvalue weighted by Gasteiger charge is 2.19. The average molecular weight is 304 g/mol. The second-order valence-electron chi connectivity index (χ2n) is 3.65. The third-order valence-electron chi connectivity index (χ3n) is 2.45. The highest BCUT2D eigenvalue weighted by molar-refractivity contribution is 7.80. The first-order chi connectivity index (χ1) is 8.93. The molecular weight excluding hydrogens is 295 g/mol. The normalized spacial score (nSPS) is 12.6. The molecule has 102 valence electrons. The lowest BCUT2D eigenvalue weighted by Gasteiger charge is -2.04. The van der Waals surface area contributed by atoms with Crippen LogP contribution in [0, 0.1) is 5.82 Å². The number of methoxy groups -OCH3 is 1. The first-order valence-electron chi connectivity index (χ1n) is 5.03. The number of hydrogen-bond acceptors (Lipinski definition) is 5. The number of ketones is 1. The van der Waals surface area contributed by atoms with Crippen molar-refractivity contribution in [1.82, 2.24) is 0 Å². The largest absolute Gasteiger partial charge is 0.502 e.